The molecule has 0 saturated carbocycles. The van der Waals surface area contributed by atoms with Crippen molar-refractivity contribution in [2.45, 2.75) is 19.9 Å². The van der Waals surface area contributed by atoms with Crippen molar-refractivity contribution in [1.29, 1.82) is 0 Å². The molecule has 0 aliphatic rings. The summed E-state index contributed by atoms with van der Waals surface area (Å²) in [5.74, 6) is -1.14. The van der Waals surface area contributed by atoms with Gasteiger partial charge in [0.25, 0.3) is 5.91 Å². The zero-order valence-corrected chi connectivity index (χ0v) is 15.8. The lowest BCUT2D eigenvalue weighted by molar-refractivity contribution is 0.102. The Balaban J connectivity index is 1.67. The summed E-state index contributed by atoms with van der Waals surface area (Å²) in [5, 5.41) is 2.93. The molecule has 6 heteroatoms. The normalized spacial score (nSPS) is 11.0. The third-order valence-electron chi connectivity index (χ3n) is 4.83. The molecule has 0 fully saturated rings. The Kier molecular flexibility index (Phi) is 4.99. The molecule has 29 heavy (non-hydrogen) atoms. The predicted octanol–water partition coefficient (Wildman–Crippen LogP) is 4.60. The minimum Gasteiger partial charge on any atom is -0.408 e. The average molecular weight is 390 g/mol. The Morgan fingerprint density at radius 3 is 2.59 bits per heavy atom. The van der Waals surface area contributed by atoms with Crippen molar-refractivity contribution in [1.82, 2.24) is 4.57 Å². The van der Waals surface area contributed by atoms with Crippen molar-refractivity contribution in [3.8, 4) is 0 Å². The summed E-state index contributed by atoms with van der Waals surface area (Å²) in [6.07, 6.45) is 0.800. The van der Waals surface area contributed by atoms with E-state index in [4.69, 9.17) is 4.42 Å². The standard InChI is InChI=1S/C23H19FN2O3/c1-2-16-5-3-4-6-19(16)25-22(27)17-9-12-21-20(13-17)26(23(28)29-21)14-15-7-10-18(24)11-8-15/h3-13H,2,14H2,1H3,(H,25,27). The maximum Gasteiger partial charge on any atom is 0.420 e. The van der Waals surface area contributed by atoms with Gasteiger partial charge in [0.05, 0.1) is 12.1 Å². The maximum absolute atomic E-state index is 13.1. The molecule has 0 unspecified atom stereocenters. The van der Waals surface area contributed by atoms with E-state index in [1.807, 2.05) is 31.2 Å². The van der Waals surface area contributed by atoms with Gasteiger partial charge in [-0.15, -0.1) is 0 Å². The number of carbonyl (C=O) groups excluding carboxylic acids is 1. The Morgan fingerprint density at radius 2 is 1.83 bits per heavy atom. The van der Waals surface area contributed by atoms with Crippen LogP contribution in [0.15, 0.2) is 75.9 Å². The van der Waals surface area contributed by atoms with E-state index in [1.165, 1.54) is 16.7 Å². The second kappa shape index (κ2) is 7.75. The van der Waals surface area contributed by atoms with Crippen molar-refractivity contribution in [3.05, 3.63) is 99.8 Å². The number of nitrogens with one attached hydrogen (secondary N) is 1. The zero-order chi connectivity index (χ0) is 20.4. The summed E-state index contributed by atoms with van der Waals surface area (Å²) in [5.41, 5.74) is 3.87. The van der Waals surface area contributed by atoms with Gasteiger partial charge in [-0.05, 0) is 53.9 Å². The van der Waals surface area contributed by atoms with Gasteiger partial charge in [-0.1, -0.05) is 37.3 Å². The van der Waals surface area contributed by atoms with Gasteiger partial charge < -0.3 is 9.73 Å². The van der Waals surface area contributed by atoms with E-state index in [0.29, 0.717) is 16.7 Å². The monoisotopic (exact) mass is 390 g/mol. The van der Waals surface area contributed by atoms with E-state index < -0.39 is 5.76 Å². The number of fused-ring (bicyclic) bond motifs is 1. The van der Waals surface area contributed by atoms with E-state index in [0.717, 1.165) is 23.2 Å². The van der Waals surface area contributed by atoms with Crippen molar-refractivity contribution in [2.24, 2.45) is 0 Å². The number of nitrogens with zero attached hydrogens (tertiary/aromatic N) is 1. The van der Waals surface area contributed by atoms with Crippen molar-refractivity contribution >= 4 is 22.7 Å². The molecule has 1 N–H and O–H groups in total. The van der Waals surface area contributed by atoms with Gasteiger partial charge in [0.15, 0.2) is 5.58 Å². The van der Waals surface area contributed by atoms with Gasteiger partial charge in [0.1, 0.15) is 5.82 Å². The highest BCUT2D eigenvalue weighted by Crippen LogP contribution is 2.20. The first kappa shape index (κ1) is 18.7. The molecule has 0 bridgehead atoms. The molecule has 0 spiro atoms. The molecule has 4 rings (SSSR count). The quantitative estimate of drug-likeness (QED) is 0.542. The lowest BCUT2D eigenvalue weighted by Crippen LogP contribution is -2.16. The number of para-hydroxylation sites is 1. The number of hydrogen-bond donors (Lipinski definition) is 1. The average Bonchev–Trinajstić information content (AvgIpc) is 3.04. The highest BCUT2D eigenvalue weighted by atomic mass is 19.1. The first-order valence-corrected chi connectivity index (χ1v) is 9.32. The fraction of sp³-hybridized carbons (Fsp3) is 0.130. The van der Waals surface area contributed by atoms with Crippen LogP contribution in [0.25, 0.3) is 11.1 Å². The molecule has 3 aromatic carbocycles. The molecule has 1 heterocycles. The van der Waals surface area contributed by atoms with Crippen LogP contribution in [0.4, 0.5) is 10.1 Å². The van der Waals surface area contributed by atoms with Gasteiger partial charge >= 0.3 is 5.76 Å². The summed E-state index contributed by atoms with van der Waals surface area (Å²) in [4.78, 5) is 25.1. The van der Waals surface area contributed by atoms with Crippen LogP contribution >= 0.6 is 0 Å². The maximum atomic E-state index is 13.1. The van der Waals surface area contributed by atoms with Crippen LogP contribution in [0.5, 0.6) is 0 Å². The molecule has 0 saturated heterocycles. The van der Waals surface area contributed by atoms with Crippen LogP contribution in [0.3, 0.4) is 0 Å². The van der Waals surface area contributed by atoms with Crippen molar-refractivity contribution in [2.75, 3.05) is 5.32 Å². The number of amides is 1. The smallest absolute Gasteiger partial charge is 0.408 e. The highest BCUT2D eigenvalue weighted by Gasteiger charge is 2.14. The van der Waals surface area contributed by atoms with E-state index >= 15 is 0 Å². The minimum absolute atomic E-state index is 0.218. The van der Waals surface area contributed by atoms with Crippen LogP contribution in [-0.2, 0) is 13.0 Å². The first-order chi connectivity index (χ1) is 14.0. The van der Waals surface area contributed by atoms with Gasteiger partial charge in [0, 0.05) is 11.3 Å². The SMILES string of the molecule is CCc1ccccc1NC(=O)c1ccc2oc(=O)n(Cc3ccc(F)cc3)c2c1. The number of rotatable bonds is 5. The van der Waals surface area contributed by atoms with E-state index in [1.54, 1.807) is 30.3 Å². The predicted molar refractivity (Wildman–Crippen MR) is 110 cm³/mol. The fourth-order valence-electron chi connectivity index (χ4n) is 3.27. The Labute approximate surface area is 166 Å². The third-order valence-corrected chi connectivity index (χ3v) is 4.83. The summed E-state index contributed by atoms with van der Waals surface area (Å²) in [7, 11) is 0. The van der Waals surface area contributed by atoms with Crippen molar-refractivity contribution in [3.63, 3.8) is 0 Å². The number of carbonyl (C=O) groups is 1. The van der Waals surface area contributed by atoms with Gasteiger partial charge in [-0.3, -0.25) is 9.36 Å². The number of aryl methyl sites for hydroxylation is 1. The first-order valence-electron chi connectivity index (χ1n) is 9.32. The second-order valence-electron chi connectivity index (χ2n) is 6.73. The summed E-state index contributed by atoms with van der Waals surface area (Å²) in [6, 6.07) is 18.4. The number of hydrogen-bond acceptors (Lipinski definition) is 3. The number of anilines is 1. The number of oxazole rings is 1. The molecule has 0 aliphatic carbocycles. The molecular formula is C23H19FN2O3. The molecule has 0 aliphatic heterocycles. The molecular weight excluding hydrogens is 371 g/mol. The zero-order valence-electron chi connectivity index (χ0n) is 15.8. The summed E-state index contributed by atoms with van der Waals surface area (Å²) in [6.45, 7) is 2.24. The second-order valence-corrected chi connectivity index (χ2v) is 6.73. The molecule has 5 nitrogen and oxygen atoms in total. The minimum atomic E-state index is -0.529. The van der Waals surface area contributed by atoms with Gasteiger partial charge in [0.2, 0.25) is 0 Å². The van der Waals surface area contributed by atoms with Crippen LogP contribution in [0.1, 0.15) is 28.4 Å². The third kappa shape index (κ3) is 3.82. The number of benzene rings is 3. The Bertz CT molecular complexity index is 1240. The van der Waals surface area contributed by atoms with Crippen LogP contribution in [0.2, 0.25) is 0 Å². The van der Waals surface area contributed by atoms with Crippen molar-refractivity contribution < 1.29 is 13.6 Å². The number of halogens is 1. The van der Waals surface area contributed by atoms with E-state index in [9.17, 15) is 14.0 Å². The van der Waals surface area contributed by atoms with E-state index in [-0.39, 0.29) is 18.3 Å². The Hall–Kier alpha value is -3.67. The number of aromatic nitrogens is 1. The topological polar surface area (TPSA) is 64.2 Å². The molecule has 146 valence electrons. The summed E-state index contributed by atoms with van der Waals surface area (Å²) < 4.78 is 19.9. The lowest BCUT2D eigenvalue weighted by Gasteiger charge is -2.10. The lowest BCUT2D eigenvalue weighted by atomic mass is 10.1. The van der Waals surface area contributed by atoms with Crippen LogP contribution in [-0.4, -0.2) is 10.5 Å². The molecule has 0 atom stereocenters. The summed E-state index contributed by atoms with van der Waals surface area (Å²) >= 11 is 0. The largest absolute Gasteiger partial charge is 0.420 e. The van der Waals surface area contributed by atoms with E-state index in [2.05, 4.69) is 5.32 Å². The fourth-order valence-corrected chi connectivity index (χ4v) is 3.27. The molecule has 1 amide bonds. The molecule has 0 radical (unpaired) electrons. The van der Waals surface area contributed by atoms with Gasteiger partial charge in [-0.2, -0.15) is 0 Å². The van der Waals surface area contributed by atoms with Gasteiger partial charge in [-0.25, -0.2) is 9.18 Å². The van der Waals surface area contributed by atoms with Crippen LogP contribution < -0.4 is 11.1 Å². The molecule has 4 aromatic rings. The molecule has 1 aromatic heterocycles. The van der Waals surface area contributed by atoms with Crippen LogP contribution in [0, 0.1) is 5.82 Å². The highest BCUT2D eigenvalue weighted by molar-refractivity contribution is 6.06. The Morgan fingerprint density at radius 1 is 1.07 bits per heavy atom.